The normalized spacial score (nSPS) is 14.4. The lowest BCUT2D eigenvalue weighted by Gasteiger charge is -2.23. The Kier molecular flexibility index (Phi) is 3.49. The molecule has 0 unspecified atom stereocenters. The number of sulfonamides is 1. The number of aryl methyl sites for hydroxylation is 1. The van der Waals surface area contributed by atoms with Gasteiger partial charge in [-0.05, 0) is 31.2 Å². The number of aromatic nitrogens is 3. The van der Waals surface area contributed by atoms with E-state index in [4.69, 9.17) is 4.74 Å². The summed E-state index contributed by atoms with van der Waals surface area (Å²) in [5.41, 5.74) is 1.60. The van der Waals surface area contributed by atoms with Gasteiger partial charge >= 0.3 is 0 Å². The van der Waals surface area contributed by atoms with Crippen LogP contribution in [0.1, 0.15) is 13.3 Å². The third-order valence-electron chi connectivity index (χ3n) is 4.19. The second-order valence-electron chi connectivity index (χ2n) is 5.66. The number of hydrogen-bond donors (Lipinski definition) is 1. The number of hydrogen-bond acceptors (Lipinski definition) is 4. The standard InChI is InChI=1S/C16H18N4O3S/c1-2-20(13-4-5-14-12(10-13)6-7-17-14)24(21,22)15-11-18-19-8-3-9-23-16(15)19/h4-7,10-11,17H,2-3,8-9H2,1H3. The maximum absolute atomic E-state index is 13.2. The van der Waals surface area contributed by atoms with Crippen LogP contribution in [0.3, 0.4) is 0 Å². The first-order valence-corrected chi connectivity index (χ1v) is 9.34. The van der Waals surface area contributed by atoms with Gasteiger partial charge in [-0.2, -0.15) is 5.10 Å². The maximum atomic E-state index is 13.2. The Hall–Kier alpha value is -2.48. The number of anilines is 1. The number of ether oxygens (including phenoxy) is 1. The maximum Gasteiger partial charge on any atom is 0.271 e. The summed E-state index contributed by atoms with van der Waals surface area (Å²) >= 11 is 0. The van der Waals surface area contributed by atoms with Crippen LogP contribution >= 0.6 is 0 Å². The van der Waals surface area contributed by atoms with Crippen LogP contribution in [-0.4, -0.2) is 36.3 Å². The Morgan fingerprint density at radius 1 is 1.38 bits per heavy atom. The number of benzene rings is 1. The summed E-state index contributed by atoms with van der Waals surface area (Å²) in [6, 6.07) is 7.47. The number of fused-ring (bicyclic) bond motifs is 2. The first-order chi connectivity index (χ1) is 11.6. The molecule has 0 atom stereocenters. The van der Waals surface area contributed by atoms with E-state index in [1.54, 1.807) is 10.7 Å². The number of aromatic amines is 1. The minimum absolute atomic E-state index is 0.123. The molecule has 0 amide bonds. The molecule has 1 aliphatic rings. The van der Waals surface area contributed by atoms with Crippen LogP contribution in [0.15, 0.2) is 41.6 Å². The van der Waals surface area contributed by atoms with E-state index in [0.29, 0.717) is 31.3 Å². The molecule has 1 aliphatic heterocycles. The van der Waals surface area contributed by atoms with Gasteiger partial charge in [0, 0.05) is 36.6 Å². The molecule has 4 rings (SSSR count). The highest BCUT2D eigenvalue weighted by Gasteiger charge is 2.31. The van der Waals surface area contributed by atoms with Gasteiger partial charge in [-0.15, -0.1) is 0 Å². The van der Waals surface area contributed by atoms with E-state index in [-0.39, 0.29) is 4.90 Å². The van der Waals surface area contributed by atoms with E-state index in [0.717, 1.165) is 17.3 Å². The van der Waals surface area contributed by atoms with Crippen LogP contribution in [0.4, 0.5) is 5.69 Å². The van der Waals surface area contributed by atoms with Crippen molar-refractivity contribution in [1.82, 2.24) is 14.8 Å². The highest BCUT2D eigenvalue weighted by molar-refractivity contribution is 7.93. The van der Waals surface area contributed by atoms with Crippen molar-refractivity contribution in [1.29, 1.82) is 0 Å². The Bertz CT molecular complexity index is 990. The quantitative estimate of drug-likeness (QED) is 0.786. The lowest BCUT2D eigenvalue weighted by molar-refractivity contribution is 0.224. The van der Waals surface area contributed by atoms with E-state index < -0.39 is 10.0 Å². The number of H-pyrrole nitrogens is 1. The Labute approximate surface area is 139 Å². The smallest absolute Gasteiger partial charge is 0.271 e. The Morgan fingerprint density at radius 2 is 2.25 bits per heavy atom. The first-order valence-electron chi connectivity index (χ1n) is 7.90. The van der Waals surface area contributed by atoms with E-state index in [1.807, 2.05) is 31.3 Å². The van der Waals surface area contributed by atoms with Crippen LogP contribution < -0.4 is 9.04 Å². The zero-order valence-corrected chi connectivity index (χ0v) is 14.1. The fourth-order valence-corrected chi connectivity index (χ4v) is 4.56. The molecule has 24 heavy (non-hydrogen) atoms. The van der Waals surface area contributed by atoms with Crippen molar-refractivity contribution in [3.8, 4) is 5.88 Å². The summed E-state index contributed by atoms with van der Waals surface area (Å²) in [5.74, 6) is 0.336. The van der Waals surface area contributed by atoms with Crippen LogP contribution in [0.5, 0.6) is 5.88 Å². The summed E-state index contributed by atoms with van der Waals surface area (Å²) in [5, 5.41) is 5.12. The summed E-state index contributed by atoms with van der Waals surface area (Å²) in [6.45, 7) is 3.32. The third-order valence-corrected chi connectivity index (χ3v) is 6.08. The van der Waals surface area contributed by atoms with Gasteiger partial charge in [0.05, 0.1) is 18.5 Å². The van der Waals surface area contributed by atoms with Crippen molar-refractivity contribution in [3.05, 3.63) is 36.7 Å². The molecule has 126 valence electrons. The molecule has 0 aliphatic carbocycles. The van der Waals surface area contributed by atoms with Gasteiger partial charge in [-0.1, -0.05) is 0 Å². The zero-order chi connectivity index (χ0) is 16.7. The topological polar surface area (TPSA) is 80.2 Å². The van der Waals surface area contributed by atoms with Gasteiger partial charge in [0.15, 0.2) is 4.90 Å². The average Bonchev–Trinajstić information content (AvgIpc) is 3.21. The Balaban J connectivity index is 1.80. The zero-order valence-electron chi connectivity index (χ0n) is 13.3. The average molecular weight is 346 g/mol. The largest absolute Gasteiger partial charge is 0.477 e. The molecular formula is C16H18N4O3S. The molecule has 1 aromatic carbocycles. The monoisotopic (exact) mass is 346 g/mol. The number of rotatable bonds is 4. The molecule has 0 saturated heterocycles. The molecule has 0 spiro atoms. The van der Waals surface area contributed by atoms with Crippen LogP contribution in [0.2, 0.25) is 0 Å². The van der Waals surface area contributed by atoms with Crippen LogP contribution in [-0.2, 0) is 16.6 Å². The van der Waals surface area contributed by atoms with Gasteiger partial charge < -0.3 is 9.72 Å². The predicted octanol–water partition coefficient (Wildman–Crippen LogP) is 2.36. The lowest BCUT2D eigenvalue weighted by atomic mass is 10.2. The van der Waals surface area contributed by atoms with Crippen molar-refractivity contribution < 1.29 is 13.2 Å². The summed E-state index contributed by atoms with van der Waals surface area (Å²) in [4.78, 5) is 3.23. The van der Waals surface area contributed by atoms with E-state index in [2.05, 4.69) is 10.1 Å². The molecule has 1 N–H and O–H groups in total. The van der Waals surface area contributed by atoms with Crippen molar-refractivity contribution in [2.75, 3.05) is 17.5 Å². The van der Waals surface area contributed by atoms with Crippen molar-refractivity contribution in [2.45, 2.75) is 24.8 Å². The van der Waals surface area contributed by atoms with Crippen molar-refractivity contribution in [3.63, 3.8) is 0 Å². The molecular weight excluding hydrogens is 328 g/mol. The highest BCUT2D eigenvalue weighted by atomic mass is 32.2. The van der Waals surface area contributed by atoms with Gasteiger partial charge in [0.2, 0.25) is 5.88 Å². The molecule has 0 radical (unpaired) electrons. The summed E-state index contributed by atoms with van der Waals surface area (Å²) < 4.78 is 34.9. The summed E-state index contributed by atoms with van der Waals surface area (Å²) in [6.07, 6.45) is 4.05. The Morgan fingerprint density at radius 3 is 3.08 bits per heavy atom. The third kappa shape index (κ3) is 2.25. The molecule has 3 aromatic rings. The summed E-state index contributed by atoms with van der Waals surface area (Å²) in [7, 11) is -3.74. The minimum Gasteiger partial charge on any atom is -0.477 e. The fourth-order valence-electron chi connectivity index (χ4n) is 3.03. The van der Waals surface area contributed by atoms with Crippen LogP contribution in [0.25, 0.3) is 10.9 Å². The van der Waals surface area contributed by atoms with E-state index in [9.17, 15) is 8.42 Å². The molecule has 8 heteroatoms. The molecule has 0 bridgehead atoms. The highest BCUT2D eigenvalue weighted by Crippen LogP contribution is 2.32. The number of nitrogens with zero attached hydrogens (tertiary/aromatic N) is 3. The molecule has 0 saturated carbocycles. The molecule has 2 aromatic heterocycles. The lowest BCUT2D eigenvalue weighted by Crippen LogP contribution is -2.31. The second-order valence-corrected chi connectivity index (χ2v) is 7.49. The van der Waals surface area contributed by atoms with Gasteiger partial charge in [-0.25, -0.2) is 13.1 Å². The molecule has 0 fully saturated rings. The SMILES string of the molecule is CCN(c1ccc2[nH]ccc2c1)S(=O)(=O)c1cnn2c1OCCC2. The molecule has 7 nitrogen and oxygen atoms in total. The van der Waals surface area contributed by atoms with Crippen molar-refractivity contribution in [2.24, 2.45) is 0 Å². The van der Waals surface area contributed by atoms with E-state index >= 15 is 0 Å². The van der Waals surface area contributed by atoms with Crippen molar-refractivity contribution >= 4 is 26.6 Å². The predicted molar refractivity (Wildman–Crippen MR) is 90.8 cm³/mol. The van der Waals surface area contributed by atoms with Gasteiger partial charge in [-0.3, -0.25) is 4.31 Å². The minimum atomic E-state index is -3.74. The molecule has 3 heterocycles. The number of nitrogens with one attached hydrogen (secondary N) is 1. The van der Waals surface area contributed by atoms with Gasteiger partial charge in [0.1, 0.15) is 0 Å². The first kappa shape index (κ1) is 15.1. The van der Waals surface area contributed by atoms with Crippen LogP contribution in [0, 0.1) is 0 Å². The fraction of sp³-hybridized carbons (Fsp3) is 0.312. The van der Waals surface area contributed by atoms with Gasteiger partial charge in [0.25, 0.3) is 10.0 Å². The van der Waals surface area contributed by atoms with E-state index in [1.165, 1.54) is 10.5 Å². The second kappa shape index (κ2) is 5.55.